The van der Waals surface area contributed by atoms with Crippen LogP contribution in [0.4, 0.5) is 0 Å². The Morgan fingerprint density at radius 2 is 1.88 bits per heavy atom. The van der Waals surface area contributed by atoms with Crippen LogP contribution in [0.1, 0.15) is 0 Å². The van der Waals surface area contributed by atoms with Crippen LogP contribution >= 0.6 is 11.6 Å². The van der Waals surface area contributed by atoms with Gasteiger partial charge in [-0.2, -0.15) is 0 Å². The lowest BCUT2D eigenvalue weighted by Crippen LogP contribution is -2.40. The Morgan fingerprint density at radius 3 is 2.58 bits per heavy atom. The number of benzene rings is 2. The van der Waals surface area contributed by atoms with Gasteiger partial charge in [0.05, 0.1) is 23.7 Å². The molecule has 0 fully saturated rings. The molecule has 0 aliphatic rings. The third-order valence-electron chi connectivity index (χ3n) is 3.63. The summed E-state index contributed by atoms with van der Waals surface area (Å²) in [5.74, 6) is -0.585. The molecule has 0 saturated heterocycles. The normalized spacial score (nSPS) is 10.8. The number of carbonyl (C=O) groups is 1. The number of esters is 1. The van der Waals surface area contributed by atoms with E-state index in [0.717, 1.165) is 4.57 Å². The molecule has 6 nitrogen and oxygen atoms in total. The van der Waals surface area contributed by atoms with Crippen LogP contribution in [0.5, 0.6) is 0 Å². The number of fused-ring (bicyclic) bond motifs is 1. The van der Waals surface area contributed by atoms with Crippen molar-refractivity contribution >= 4 is 28.5 Å². The summed E-state index contributed by atoms with van der Waals surface area (Å²) >= 11 is 5.97. The van der Waals surface area contributed by atoms with E-state index in [1.807, 2.05) is 0 Å². The van der Waals surface area contributed by atoms with E-state index in [9.17, 15) is 14.4 Å². The monoisotopic (exact) mass is 344 g/mol. The van der Waals surface area contributed by atoms with Gasteiger partial charge in [0.25, 0.3) is 5.56 Å². The molecule has 0 unspecified atom stereocenters. The van der Waals surface area contributed by atoms with Crippen molar-refractivity contribution in [2.45, 2.75) is 6.54 Å². The van der Waals surface area contributed by atoms with Crippen molar-refractivity contribution in [1.82, 2.24) is 9.13 Å². The predicted molar refractivity (Wildman–Crippen MR) is 90.8 cm³/mol. The van der Waals surface area contributed by atoms with Crippen molar-refractivity contribution < 1.29 is 9.53 Å². The molecule has 0 aliphatic carbocycles. The van der Waals surface area contributed by atoms with Crippen LogP contribution in [-0.2, 0) is 16.1 Å². The molecular weight excluding hydrogens is 332 g/mol. The fourth-order valence-corrected chi connectivity index (χ4v) is 2.69. The highest BCUT2D eigenvalue weighted by molar-refractivity contribution is 6.30. The molecule has 3 rings (SSSR count). The summed E-state index contributed by atoms with van der Waals surface area (Å²) in [6, 6.07) is 13.0. The molecule has 0 radical (unpaired) electrons. The van der Waals surface area contributed by atoms with E-state index in [1.54, 1.807) is 42.5 Å². The number of aromatic nitrogens is 2. The molecule has 0 bridgehead atoms. The molecule has 0 N–H and O–H groups in total. The number of para-hydroxylation sites is 1. The number of ether oxygens (including phenoxy) is 1. The Morgan fingerprint density at radius 1 is 1.12 bits per heavy atom. The van der Waals surface area contributed by atoms with Crippen LogP contribution in [0.2, 0.25) is 5.02 Å². The zero-order valence-electron chi connectivity index (χ0n) is 12.7. The van der Waals surface area contributed by atoms with Gasteiger partial charge in [-0.1, -0.05) is 29.8 Å². The highest BCUT2D eigenvalue weighted by Gasteiger charge is 2.16. The predicted octanol–water partition coefficient (Wildman–Crippen LogP) is 1.98. The Balaban J connectivity index is 2.40. The van der Waals surface area contributed by atoms with Crippen LogP contribution in [0.15, 0.2) is 58.1 Å². The minimum atomic E-state index is -0.633. The van der Waals surface area contributed by atoms with Crippen LogP contribution in [0.25, 0.3) is 16.6 Å². The minimum absolute atomic E-state index is 0.295. The van der Waals surface area contributed by atoms with Gasteiger partial charge in [-0.3, -0.25) is 14.2 Å². The molecule has 7 heteroatoms. The largest absolute Gasteiger partial charge is 0.468 e. The molecule has 24 heavy (non-hydrogen) atoms. The number of hydrogen-bond donors (Lipinski definition) is 0. The second-order valence-corrected chi connectivity index (χ2v) is 5.52. The number of hydrogen-bond acceptors (Lipinski definition) is 4. The number of methoxy groups -OCH3 is 1. The minimum Gasteiger partial charge on any atom is -0.468 e. The number of nitrogens with zero attached hydrogens (tertiary/aromatic N) is 2. The van der Waals surface area contributed by atoms with Crippen LogP contribution in [0, 0.1) is 0 Å². The summed E-state index contributed by atoms with van der Waals surface area (Å²) in [7, 11) is 1.24. The van der Waals surface area contributed by atoms with Crippen LogP contribution in [-0.4, -0.2) is 22.2 Å². The van der Waals surface area contributed by atoms with Crippen molar-refractivity contribution in [3.8, 4) is 5.69 Å². The molecular formula is C17H13ClN2O4. The number of carbonyl (C=O) groups excluding carboxylic acids is 1. The van der Waals surface area contributed by atoms with Gasteiger partial charge in [0, 0.05) is 5.02 Å². The average molecular weight is 345 g/mol. The summed E-state index contributed by atoms with van der Waals surface area (Å²) in [4.78, 5) is 37.3. The Bertz CT molecular complexity index is 1050. The van der Waals surface area contributed by atoms with Crippen LogP contribution < -0.4 is 11.2 Å². The molecule has 0 aliphatic heterocycles. The summed E-state index contributed by atoms with van der Waals surface area (Å²) in [5.41, 5.74) is -0.400. The summed E-state index contributed by atoms with van der Waals surface area (Å²) in [6.07, 6.45) is 0. The standard InChI is InChI=1S/C17H13ClN2O4/c1-24-15(21)10-19-14-8-3-2-7-13(14)16(22)20(17(19)23)12-6-4-5-11(18)9-12/h2-9H,10H2,1H3. The fraction of sp³-hybridized carbons (Fsp3) is 0.118. The molecule has 1 heterocycles. The van der Waals surface area contributed by atoms with Gasteiger partial charge in [-0.05, 0) is 30.3 Å². The lowest BCUT2D eigenvalue weighted by molar-refractivity contribution is -0.141. The first-order valence-corrected chi connectivity index (χ1v) is 7.48. The van der Waals surface area contributed by atoms with Crippen molar-refractivity contribution in [2.75, 3.05) is 7.11 Å². The summed E-state index contributed by atoms with van der Waals surface area (Å²) in [5, 5.41) is 0.715. The fourth-order valence-electron chi connectivity index (χ4n) is 2.51. The van der Waals surface area contributed by atoms with E-state index in [2.05, 4.69) is 4.74 Å². The first-order valence-electron chi connectivity index (χ1n) is 7.10. The van der Waals surface area contributed by atoms with Gasteiger partial charge in [-0.25, -0.2) is 9.36 Å². The highest BCUT2D eigenvalue weighted by Crippen LogP contribution is 2.14. The van der Waals surface area contributed by atoms with Gasteiger partial charge >= 0.3 is 11.7 Å². The van der Waals surface area contributed by atoms with Gasteiger partial charge in [0.1, 0.15) is 6.54 Å². The number of rotatable bonds is 3. The molecule has 0 atom stereocenters. The number of halogens is 1. The van der Waals surface area contributed by atoms with E-state index >= 15 is 0 Å². The van der Waals surface area contributed by atoms with E-state index in [4.69, 9.17) is 11.6 Å². The third kappa shape index (κ3) is 2.72. The van der Waals surface area contributed by atoms with Crippen molar-refractivity contribution in [3.05, 3.63) is 74.4 Å². The zero-order chi connectivity index (χ0) is 17.3. The second-order valence-electron chi connectivity index (χ2n) is 5.08. The average Bonchev–Trinajstić information content (AvgIpc) is 2.58. The topological polar surface area (TPSA) is 70.3 Å². The molecule has 0 spiro atoms. The summed E-state index contributed by atoms with van der Waals surface area (Å²) < 4.78 is 6.85. The summed E-state index contributed by atoms with van der Waals surface area (Å²) in [6.45, 7) is -0.295. The van der Waals surface area contributed by atoms with Gasteiger partial charge in [-0.15, -0.1) is 0 Å². The molecule has 1 aromatic heterocycles. The smallest absolute Gasteiger partial charge is 0.336 e. The highest BCUT2D eigenvalue weighted by atomic mass is 35.5. The lowest BCUT2D eigenvalue weighted by atomic mass is 10.2. The van der Waals surface area contributed by atoms with Gasteiger partial charge in [0.15, 0.2) is 0 Å². The van der Waals surface area contributed by atoms with E-state index < -0.39 is 17.2 Å². The zero-order valence-corrected chi connectivity index (χ0v) is 13.5. The molecule has 2 aromatic carbocycles. The molecule has 122 valence electrons. The first kappa shape index (κ1) is 16.0. The van der Waals surface area contributed by atoms with Crippen molar-refractivity contribution in [1.29, 1.82) is 0 Å². The maximum Gasteiger partial charge on any atom is 0.336 e. The van der Waals surface area contributed by atoms with Crippen molar-refractivity contribution in [2.24, 2.45) is 0 Å². The van der Waals surface area contributed by atoms with Crippen molar-refractivity contribution in [3.63, 3.8) is 0 Å². The van der Waals surface area contributed by atoms with Gasteiger partial charge < -0.3 is 4.74 Å². The lowest BCUT2D eigenvalue weighted by Gasteiger charge is -2.13. The maximum atomic E-state index is 12.8. The SMILES string of the molecule is COC(=O)Cn1c(=O)n(-c2cccc(Cl)c2)c(=O)c2ccccc21. The Labute approximate surface area is 141 Å². The van der Waals surface area contributed by atoms with E-state index in [-0.39, 0.29) is 6.54 Å². The van der Waals surface area contributed by atoms with Gasteiger partial charge in [0.2, 0.25) is 0 Å². The van der Waals surface area contributed by atoms with Crippen LogP contribution in [0.3, 0.4) is 0 Å². The molecule has 0 saturated carbocycles. The Kier molecular flexibility index (Phi) is 4.22. The quantitative estimate of drug-likeness (QED) is 0.681. The second kappa shape index (κ2) is 6.33. The molecule has 3 aromatic rings. The van der Waals surface area contributed by atoms with E-state index in [0.29, 0.717) is 21.6 Å². The molecule has 0 amide bonds. The third-order valence-corrected chi connectivity index (χ3v) is 3.87. The van der Waals surface area contributed by atoms with E-state index in [1.165, 1.54) is 17.7 Å². The maximum absolute atomic E-state index is 12.8. The Hall–Kier alpha value is -2.86. The first-order chi connectivity index (χ1) is 11.5.